The number of fused-ring (bicyclic) bond motifs is 1. The molecular formula is C22H25ClN2O4. The lowest BCUT2D eigenvalue weighted by Gasteiger charge is -2.27. The van der Waals surface area contributed by atoms with E-state index in [0.717, 1.165) is 44.0 Å². The van der Waals surface area contributed by atoms with Crippen molar-refractivity contribution in [3.05, 3.63) is 58.1 Å². The molecule has 1 amide bonds. The number of hydrogen-bond donors (Lipinski definition) is 1. The average molecular weight is 417 g/mol. The van der Waals surface area contributed by atoms with Crippen LogP contribution >= 0.6 is 11.6 Å². The number of nitrogens with zero attached hydrogens (tertiary/aromatic N) is 1. The molecule has 1 saturated heterocycles. The van der Waals surface area contributed by atoms with E-state index in [2.05, 4.69) is 22.3 Å². The van der Waals surface area contributed by atoms with Crippen molar-refractivity contribution in [2.75, 3.05) is 39.5 Å². The molecule has 0 aromatic heterocycles. The van der Waals surface area contributed by atoms with Crippen molar-refractivity contribution in [3.8, 4) is 11.5 Å². The first-order chi connectivity index (χ1) is 14.2. The first-order valence-electron chi connectivity index (χ1n) is 9.90. The van der Waals surface area contributed by atoms with Gasteiger partial charge >= 0.3 is 0 Å². The molecule has 154 valence electrons. The third kappa shape index (κ3) is 5.21. The lowest BCUT2D eigenvalue weighted by atomic mass is 10.1. The van der Waals surface area contributed by atoms with Crippen LogP contribution < -0.4 is 14.8 Å². The minimum atomic E-state index is -0.0566. The second kappa shape index (κ2) is 9.48. The molecule has 2 aromatic carbocycles. The van der Waals surface area contributed by atoms with Crippen LogP contribution in [-0.2, 0) is 29.0 Å². The van der Waals surface area contributed by atoms with Crippen LogP contribution in [0.1, 0.15) is 16.7 Å². The molecule has 1 N–H and O–H groups in total. The van der Waals surface area contributed by atoms with E-state index >= 15 is 0 Å². The van der Waals surface area contributed by atoms with E-state index in [1.807, 2.05) is 18.2 Å². The maximum absolute atomic E-state index is 12.5. The number of ether oxygens (including phenoxy) is 3. The number of benzene rings is 2. The second-order valence-corrected chi connectivity index (χ2v) is 7.62. The molecule has 0 radical (unpaired) electrons. The zero-order valence-corrected chi connectivity index (χ0v) is 17.0. The minimum absolute atomic E-state index is 0.0566. The fourth-order valence-corrected chi connectivity index (χ4v) is 3.88. The second-order valence-electron chi connectivity index (χ2n) is 7.21. The molecule has 1 fully saturated rings. The summed E-state index contributed by atoms with van der Waals surface area (Å²) in [6.07, 6.45) is 0.238. The molecular weight excluding hydrogens is 392 g/mol. The highest BCUT2D eigenvalue weighted by Gasteiger charge is 2.18. The normalized spacial score (nSPS) is 16.4. The first kappa shape index (κ1) is 20.0. The summed E-state index contributed by atoms with van der Waals surface area (Å²) in [6, 6.07) is 11.8. The van der Waals surface area contributed by atoms with Gasteiger partial charge in [-0.25, -0.2) is 0 Å². The van der Waals surface area contributed by atoms with Gasteiger partial charge in [-0.2, -0.15) is 0 Å². The van der Waals surface area contributed by atoms with Crippen molar-refractivity contribution < 1.29 is 19.0 Å². The maximum Gasteiger partial charge on any atom is 0.224 e. The Morgan fingerprint density at radius 3 is 2.62 bits per heavy atom. The summed E-state index contributed by atoms with van der Waals surface area (Å²) < 4.78 is 16.5. The van der Waals surface area contributed by atoms with Crippen molar-refractivity contribution in [2.45, 2.75) is 19.5 Å². The standard InChI is InChI=1S/C22H25ClN2O4/c23-19-11-16(12-20-22(19)29-10-9-28-20)13-21(26)24-14-17-3-1-2-4-18(17)15-25-5-7-27-8-6-25/h1-4,11-12H,5-10,13-15H2,(H,24,26). The van der Waals surface area contributed by atoms with Gasteiger partial charge in [0, 0.05) is 26.2 Å². The van der Waals surface area contributed by atoms with Gasteiger partial charge < -0.3 is 19.5 Å². The van der Waals surface area contributed by atoms with E-state index in [1.165, 1.54) is 5.56 Å². The summed E-state index contributed by atoms with van der Waals surface area (Å²) in [6.45, 7) is 5.76. The lowest BCUT2D eigenvalue weighted by molar-refractivity contribution is -0.120. The molecule has 0 aliphatic carbocycles. The number of nitrogens with one attached hydrogen (secondary N) is 1. The molecule has 0 atom stereocenters. The van der Waals surface area contributed by atoms with Crippen molar-refractivity contribution in [1.29, 1.82) is 0 Å². The van der Waals surface area contributed by atoms with Gasteiger partial charge in [0.05, 0.1) is 24.7 Å². The van der Waals surface area contributed by atoms with E-state index in [4.69, 9.17) is 25.8 Å². The summed E-state index contributed by atoms with van der Waals surface area (Å²) in [5.41, 5.74) is 3.17. The van der Waals surface area contributed by atoms with Crippen LogP contribution in [0.2, 0.25) is 5.02 Å². The van der Waals surface area contributed by atoms with Gasteiger partial charge in [-0.3, -0.25) is 9.69 Å². The molecule has 2 heterocycles. The Balaban J connectivity index is 1.36. The molecule has 4 rings (SSSR count). The third-order valence-electron chi connectivity index (χ3n) is 5.11. The zero-order chi connectivity index (χ0) is 20.1. The van der Waals surface area contributed by atoms with E-state index in [9.17, 15) is 4.79 Å². The Bertz CT molecular complexity index is 868. The van der Waals surface area contributed by atoms with Crippen molar-refractivity contribution in [1.82, 2.24) is 10.2 Å². The van der Waals surface area contributed by atoms with E-state index in [1.54, 1.807) is 6.07 Å². The van der Waals surface area contributed by atoms with Gasteiger partial charge in [0.15, 0.2) is 11.5 Å². The highest BCUT2D eigenvalue weighted by molar-refractivity contribution is 6.32. The van der Waals surface area contributed by atoms with Crippen molar-refractivity contribution >= 4 is 17.5 Å². The monoisotopic (exact) mass is 416 g/mol. The van der Waals surface area contributed by atoms with Crippen molar-refractivity contribution in [2.24, 2.45) is 0 Å². The highest BCUT2D eigenvalue weighted by Crippen LogP contribution is 2.38. The topological polar surface area (TPSA) is 60.0 Å². The average Bonchev–Trinajstić information content (AvgIpc) is 2.74. The number of rotatable bonds is 6. The predicted molar refractivity (Wildman–Crippen MR) is 111 cm³/mol. The Hall–Kier alpha value is -2.28. The van der Waals surface area contributed by atoms with Gasteiger partial charge in [-0.15, -0.1) is 0 Å². The molecule has 7 heteroatoms. The summed E-state index contributed by atoms with van der Waals surface area (Å²) >= 11 is 6.27. The maximum atomic E-state index is 12.5. The van der Waals surface area contributed by atoms with E-state index in [-0.39, 0.29) is 12.3 Å². The minimum Gasteiger partial charge on any atom is -0.486 e. The SMILES string of the molecule is O=C(Cc1cc(Cl)c2c(c1)OCCO2)NCc1ccccc1CN1CCOCC1. The number of carbonyl (C=O) groups is 1. The Morgan fingerprint density at radius 1 is 1.03 bits per heavy atom. The molecule has 6 nitrogen and oxygen atoms in total. The van der Waals surface area contributed by atoms with Crippen LogP contribution in [0, 0.1) is 0 Å². The molecule has 0 unspecified atom stereocenters. The Kier molecular flexibility index (Phi) is 6.54. The molecule has 2 aliphatic heterocycles. The summed E-state index contributed by atoms with van der Waals surface area (Å²) in [7, 11) is 0. The van der Waals surface area contributed by atoms with Crippen molar-refractivity contribution in [3.63, 3.8) is 0 Å². The molecule has 0 saturated carbocycles. The summed E-state index contributed by atoms with van der Waals surface area (Å²) in [5.74, 6) is 1.10. The molecule has 0 spiro atoms. The van der Waals surface area contributed by atoms with Crippen LogP contribution in [0.25, 0.3) is 0 Å². The number of morpholine rings is 1. The van der Waals surface area contributed by atoms with Crippen LogP contribution in [0.3, 0.4) is 0 Å². The number of halogens is 1. The van der Waals surface area contributed by atoms with Gasteiger partial charge in [-0.1, -0.05) is 35.9 Å². The Labute approximate surface area is 175 Å². The smallest absolute Gasteiger partial charge is 0.224 e. The quantitative estimate of drug-likeness (QED) is 0.784. The van der Waals surface area contributed by atoms with Gasteiger partial charge in [0.1, 0.15) is 13.2 Å². The Morgan fingerprint density at radius 2 is 1.79 bits per heavy atom. The number of hydrogen-bond acceptors (Lipinski definition) is 5. The van der Waals surface area contributed by atoms with Crippen LogP contribution in [-0.4, -0.2) is 50.3 Å². The number of carbonyl (C=O) groups excluding carboxylic acids is 1. The molecule has 0 bridgehead atoms. The van der Waals surface area contributed by atoms with E-state index in [0.29, 0.717) is 36.3 Å². The summed E-state index contributed by atoms with van der Waals surface area (Å²) in [4.78, 5) is 14.9. The van der Waals surface area contributed by atoms with Gasteiger partial charge in [-0.05, 0) is 28.8 Å². The first-order valence-corrected chi connectivity index (χ1v) is 10.3. The fourth-order valence-electron chi connectivity index (χ4n) is 3.59. The molecule has 2 aromatic rings. The van der Waals surface area contributed by atoms with Gasteiger partial charge in [0.25, 0.3) is 0 Å². The lowest BCUT2D eigenvalue weighted by Crippen LogP contribution is -2.36. The highest BCUT2D eigenvalue weighted by atomic mass is 35.5. The predicted octanol–water partition coefficient (Wildman–Crippen LogP) is 2.80. The third-order valence-corrected chi connectivity index (χ3v) is 5.39. The number of amides is 1. The zero-order valence-electron chi connectivity index (χ0n) is 16.3. The molecule has 29 heavy (non-hydrogen) atoms. The molecule has 2 aliphatic rings. The van der Waals surface area contributed by atoms with Crippen LogP contribution in [0.15, 0.2) is 36.4 Å². The van der Waals surface area contributed by atoms with Crippen LogP contribution in [0.5, 0.6) is 11.5 Å². The fraction of sp³-hybridized carbons (Fsp3) is 0.409. The van der Waals surface area contributed by atoms with Gasteiger partial charge in [0.2, 0.25) is 5.91 Å². The summed E-state index contributed by atoms with van der Waals surface area (Å²) in [5, 5.41) is 3.50. The largest absolute Gasteiger partial charge is 0.486 e. The van der Waals surface area contributed by atoms with E-state index < -0.39 is 0 Å². The van der Waals surface area contributed by atoms with Crippen LogP contribution in [0.4, 0.5) is 0 Å².